The van der Waals surface area contributed by atoms with Crippen molar-refractivity contribution in [3.63, 3.8) is 0 Å². The molecule has 10 nitrogen and oxygen atoms in total. The first kappa shape index (κ1) is 32.2. The fourth-order valence-corrected chi connectivity index (χ4v) is 8.20. The van der Waals surface area contributed by atoms with Gasteiger partial charge in [-0.3, -0.25) is 14.4 Å². The number of methoxy groups -OCH3 is 1. The Morgan fingerprint density at radius 2 is 1.80 bits per heavy atom. The Bertz CT molecular complexity index is 1840. The van der Waals surface area contributed by atoms with Crippen molar-refractivity contribution in [2.45, 2.75) is 63.5 Å². The first-order valence-corrected chi connectivity index (χ1v) is 18.2. The number of aryl methyl sites for hydroxylation is 3. The molecule has 4 aliphatic rings. The maximum absolute atomic E-state index is 13.4. The van der Waals surface area contributed by atoms with E-state index >= 15 is 0 Å². The van der Waals surface area contributed by atoms with Gasteiger partial charge in [-0.2, -0.15) is 5.10 Å². The SMILES string of the molecule is COc1cc(C(=O)N[C@H]2CC[C@H](N3CCN(CC4CC4)CC3)CC2)ccc1Nc1ncc2c(n1)-c1c(nn(C)c1-c1ccccc1Cl)CC2. The second-order valence-corrected chi connectivity index (χ2v) is 14.5. The van der Waals surface area contributed by atoms with E-state index < -0.39 is 0 Å². The average molecular weight is 681 g/mol. The van der Waals surface area contributed by atoms with Gasteiger partial charge >= 0.3 is 0 Å². The van der Waals surface area contributed by atoms with Gasteiger partial charge < -0.3 is 20.3 Å². The Morgan fingerprint density at radius 3 is 2.55 bits per heavy atom. The predicted molar refractivity (Wildman–Crippen MR) is 193 cm³/mol. The van der Waals surface area contributed by atoms with Crippen LogP contribution in [0.4, 0.5) is 11.6 Å². The molecule has 4 aromatic rings. The molecule has 0 unspecified atom stereocenters. The maximum Gasteiger partial charge on any atom is 0.251 e. The summed E-state index contributed by atoms with van der Waals surface area (Å²) in [6.45, 7) is 6.07. The molecule has 0 radical (unpaired) electrons. The summed E-state index contributed by atoms with van der Waals surface area (Å²) in [5, 5.41) is 12.1. The predicted octanol–water partition coefficient (Wildman–Crippen LogP) is 6.12. The lowest BCUT2D eigenvalue weighted by Crippen LogP contribution is -2.52. The molecule has 1 saturated heterocycles. The van der Waals surface area contributed by atoms with Gasteiger partial charge in [-0.15, -0.1) is 0 Å². The van der Waals surface area contributed by atoms with Crippen molar-refractivity contribution in [2.24, 2.45) is 13.0 Å². The van der Waals surface area contributed by atoms with E-state index in [0.717, 1.165) is 78.2 Å². The number of piperazine rings is 1. The largest absolute Gasteiger partial charge is 0.495 e. The molecule has 2 saturated carbocycles. The lowest BCUT2D eigenvalue weighted by Gasteiger charge is -2.42. The molecule has 3 heterocycles. The number of nitrogens with zero attached hydrogens (tertiary/aromatic N) is 6. The number of ether oxygens (including phenoxy) is 1. The number of rotatable bonds is 9. The zero-order valence-electron chi connectivity index (χ0n) is 28.4. The number of carbonyl (C=O) groups is 1. The van der Waals surface area contributed by atoms with Crippen molar-refractivity contribution in [3.8, 4) is 28.3 Å². The van der Waals surface area contributed by atoms with Crippen molar-refractivity contribution in [1.29, 1.82) is 0 Å². The van der Waals surface area contributed by atoms with E-state index in [-0.39, 0.29) is 11.9 Å². The maximum atomic E-state index is 13.4. The molecule has 2 aromatic carbocycles. The van der Waals surface area contributed by atoms with E-state index in [2.05, 4.69) is 25.4 Å². The standard InChI is InChI=1S/C38H45ClN8O2/c1-45-36(29-5-3-4-6-30(29)39)34-32(44-45)16-10-26-22-40-38(43-35(26)34)42-31-15-9-25(21-33(31)49-2)37(48)41-27-11-13-28(14-12-27)47-19-17-46(18-20-47)23-24-7-8-24/h3-6,9,15,21-22,24,27-28H,7-8,10-14,16-20,23H2,1-2H3,(H,41,48)(H,40,42,43)/t27-,28-. The third kappa shape index (κ3) is 6.78. The number of carbonyl (C=O) groups excluding carboxylic acids is 1. The average Bonchev–Trinajstić information content (AvgIpc) is 3.88. The number of aromatic nitrogens is 4. The molecule has 49 heavy (non-hydrogen) atoms. The van der Waals surface area contributed by atoms with Crippen LogP contribution in [0, 0.1) is 5.92 Å². The third-order valence-corrected chi connectivity index (χ3v) is 11.2. The number of hydrogen-bond acceptors (Lipinski definition) is 8. The van der Waals surface area contributed by atoms with Crippen LogP contribution in [0.15, 0.2) is 48.7 Å². The van der Waals surface area contributed by atoms with Gasteiger partial charge in [0, 0.05) is 79.8 Å². The minimum Gasteiger partial charge on any atom is -0.495 e. The number of benzene rings is 2. The molecule has 1 amide bonds. The van der Waals surface area contributed by atoms with Crippen molar-refractivity contribution in [1.82, 2.24) is 34.9 Å². The summed E-state index contributed by atoms with van der Waals surface area (Å²) in [5.74, 6) is 1.89. The molecular weight excluding hydrogens is 636 g/mol. The highest BCUT2D eigenvalue weighted by molar-refractivity contribution is 6.33. The van der Waals surface area contributed by atoms with Gasteiger partial charge in [-0.25, -0.2) is 9.97 Å². The molecule has 3 aliphatic carbocycles. The Balaban J connectivity index is 0.921. The fourth-order valence-electron chi connectivity index (χ4n) is 7.97. The van der Waals surface area contributed by atoms with E-state index in [9.17, 15) is 4.79 Å². The van der Waals surface area contributed by atoms with E-state index in [1.54, 1.807) is 13.2 Å². The first-order chi connectivity index (χ1) is 23.9. The summed E-state index contributed by atoms with van der Waals surface area (Å²) in [5.41, 5.74) is 7.02. The Morgan fingerprint density at radius 1 is 1.00 bits per heavy atom. The quantitative estimate of drug-likeness (QED) is 0.218. The monoisotopic (exact) mass is 680 g/mol. The number of fused-ring (bicyclic) bond motifs is 3. The number of amides is 1. The number of halogens is 1. The zero-order chi connectivity index (χ0) is 33.5. The van der Waals surface area contributed by atoms with E-state index in [4.69, 9.17) is 26.4 Å². The van der Waals surface area contributed by atoms with Gasteiger partial charge in [0.2, 0.25) is 5.95 Å². The number of nitrogens with one attached hydrogen (secondary N) is 2. The first-order valence-electron chi connectivity index (χ1n) is 17.8. The molecule has 8 rings (SSSR count). The topological polar surface area (TPSA) is 100 Å². The summed E-state index contributed by atoms with van der Waals surface area (Å²) in [7, 11) is 3.56. The smallest absolute Gasteiger partial charge is 0.251 e. The van der Waals surface area contributed by atoms with Crippen LogP contribution in [0.3, 0.4) is 0 Å². The minimum absolute atomic E-state index is 0.0665. The van der Waals surface area contributed by atoms with Gasteiger partial charge in [0.15, 0.2) is 0 Å². The van der Waals surface area contributed by atoms with Gasteiger partial charge in [-0.1, -0.05) is 29.8 Å². The molecule has 1 aliphatic heterocycles. The van der Waals surface area contributed by atoms with E-state index in [1.165, 1.54) is 45.6 Å². The Kier molecular flexibility index (Phi) is 9.03. The molecule has 2 N–H and O–H groups in total. The second-order valence-electron chi connectivity index (χ2n) is 14.1. The van der Waals surface area contributed by atoms with Crippen LogP contribution in [-0.2, 0) is 19.9 Å². The van der Waals surface area contributed by atoms with Crippen LogP contribution in [0.2, 0.25) is 5.02 Å². The lowest BCUT2D eigenvalue weighted by atomic mass is 9.89. The van der Waals surface area contributed by atoms with Crippen molar-refractivity contribution in [3.05, 3.63) is 70.5 Å². The van der Waals surface area contributed by atoms with E-state index in [0.29, 0.717) is 34.0 Å². The van der Waals surface area contributed by atoms with Gasteiger partial charge in [0.25, 0.3) is 5.91 Å². The van der Waals surface area contributed by atoms with Gasteiger partial charge in [0.1, 0.15) is 5.75 Å². The van der Waals surface area contributed by atoms with Crippen LogP contribution < -0.4 is 15.4 Å². The summed E-state index contributed by atoms with van der Waals surface area (Å²) in [4.78, 5) is 28.3. The summed E-state index contributed by atoms with van der Waals surface area (Å²) in [6.07, 6.45) is 10.7. The number of anilines is 2. The van der Waals surface area contributed by atoms with Crippen LogP contribution in [-0.4, -0.2) is 87.4 Å². The second kappa shape index (κ2) is 13.7. The normalized spacial score (nSPS) is 21.1. The van der Waals surface area contributed by atoms with Gasteiger partial charge in [-0.05, 0) is 87.1 Å². The molecular formula is C38H45ClN8O2. The fraction of sp³-hybridized carbons (Fsp3) is 0.474. The van der Waals surface area contributed by atoms with Crippen LogP contribution in [0.1, 0.15) is 60.1 Å². The molecule has 0 spiro atoms. The van der Waals surface area contributed by atoms with Crippen molar-refractivity contribution in [2.75, 3.05) is 45.2 Å². The third-order valence-electron chi connectivity index (χ3n) is 10.9. The van der Waals surface area contributed by atoms with Crippen molar-refractivity contribution >= 4 is 29.1 Å². The molecule has 0 bridgehead atoms. The van der Waals surface area contributed by atoms with Crippen LogP contribution in [0.5, 0.6) is 5.75 Å². The van der Waals surface area contributed by atoms with Gasteiger partial charge in [0.05, 0.1) is 29.9 Å². The highest BCUT2D eigenvalue weighted by atomic mass is 35.5. The lowest BCUT2D eigenvalue weighted by molar-refractivity contribution is 0.0694. The highest BCUT2D eigenvalue weighted by Crippen LogP contribution is 2.42. The van der Waals surface area contributed by atoms with E-state index in [1.807, 2.05) is 54.3 Å². The molecule has 11 heteroatoms. The molecule has 0 atom stereocenters. The minimum atomic E-state index is -0.0665. The highest BCUT2D eigenvalue weighted by Gasteiger charge is 2.32. The van der Waals surface area contributed by atoms with Crippen LogP contribution in [0.25, 0.3) is 22.5 Å². The Hall–Kier alpha value is -3.99. The molecule has 256 valence electrons. The summed E-state index contributed by atoms with van der Waals surface area (Å²) >= 11 is 6.64. The summed E-state index contributed by atoms with van der Waals surface area (Å²) in [6, 6.07) is 14.1. The summed E-state index contributed by atoms with van der Waals surface area (Å²) < 4.78 is 7.63. The van der Waals surface area contributed by atoms with Crippen LogP contribution >= 0.6 is 11.6 Å². The van der Waals surface area contributed by atoms with Crippen molar-refractivity contribution < 1.29 is 9.53 Å². The molecule has 2 aromatic heterocycles. The molecule has 3 fully saturated rings. The number of hydrogen-bond donors (Lipinski definition) is 2. The Labute approximate surface area is 293 Å². The zero-order valence-corrected chi connectivity index (χ0v) is 29.2.